The van der Waals surface area contributed by atoms with E-state index in [1.807, 2.05) is 12.1 Å². The molecule has 0 atom stereocenters. The van der Waals surface area contributed by atoms with E-state index < -0.39 is 5.97 Å². The van der Waals surface area contributed by atoms with Crippen molar-refractivity contribution in [3.8, 4) is 0 Å². The summed E-state index contributed by atoms with van der Waals surface area (Å²) in [5.74, 6) is -0.966. The molecule has 0 saturated heterocycles. The SMILES string of the molecule is CC(=O)N1CCCc2cc(NC(=O)NCc3ccc(C(=O)O)cc3)ccc21. The van der Waals surface area contributed by atoms with Crippen molar-refractivity contribution in [2.45, 2.75) is 26.3 Å². The number of benzene rings is 2. The number of aromatic carboxylic acids is 1. The zero-order valence-corrected chi connectivity index (χ0v) is 15.0. The molecule has 1 aliphatic rings. The standard InChI is InChI=1S/C20H21N3O4/c1-13(24)23-10-2-3-16-11-17(8-9-18(16)23)22-20(27)21-12-14-4-6-15(7-5-14)19(25)26/h4-9,11H,2-3,10,12H2,1H3,(H,25,26)(H2,21,22,27). The fraction of sp³-hybridized carbons (Fsp3) is 0.250. The van der Waals surface area contributed by atoms with Gasteiger partial charge in [0.1, 0.15) is 0 Å². The van der Waals surface area contributed by atoms with Crippen LogP contribution in [0.15, 0.2) is 42.5 Å². The maximum atomic E-state index is 12.1. The van der Waals surface area contributed by atoms with Crippen molar-refractivity contribution in [3.63, 3.8) is 0 Å². The van der Waals surface area contributed by atoms with Crippen molar-refractivity contribution < 1.29 is 19.5 Å². The molecule has 27 heavy (non-hydrogen) atoms. The van der Waals surface area contributed by atoms with E-state index >= 15 is 0 Å². The predicted molar refractivity (Wildman–Crippen MR) is 102 cm³/mol. The van der Waals surface area contributed by atoms with Gasteiger partial charge in [0.05, 0.1) is 5.56 Å². The molecule has 3 amide bonds. The maximum absolute atomic E-state index is 12.1. The van der Waals surface area contributed by atoms with Crippen molar-refractivity contribution in [2.75, 3.05) is 16.8 Å². The number of hydrogen-bond acceptors (Lipinski definition) is 3. The van der Waals surface area contributed by atoms with E-state index in [2.05, 4.69) is 10.6 Å². The second-order valence-electron chi connectivity index (χ2n) is 6.43. The van der Waals surface area contributed by atoms with Crippen LogP contribution in [0.25, 0.3) is 0 Å². The first-order chi connectivity index (χ1) is 12.9. The van der Waals surface area contributed by atoms with Crippen molar-refractivity contribution >= 4 is 29.3 Å². The van der Waals surface area contributed by atoms with Crippen LogP contribution in [0.1, 0.15) is 34.8 Å². The molecule has 2 aromatic carbocycles. The molecule has 7 nitrogen and oxygen atoms in total. The highest BCUT2D eigenvalue weighted by molar-refractivity contribution is 5.94. The summed E-state index contributed by atoms with van der Waals surface area (Å²) in [5, 5.41) is 14.4. The third-order valence-electron chi connectivity index (χ3n) is 4.49. The molecule has 0 aliphatic carbocycles. The topological polar surface area (TPSA) is 98.7 Å². The number of hydrogen-bond donors (Lipinski definition) is 3. The molecule has 0 bridgehead atoms. The van der Waals surface area contributed by atoms with Crippen LogP contribution in [0.4, 0.5) is 16.2 Å². The minimum atomic E-state index is -0.983. The Morgan fingerprint density at radius 2 is 1.85 bits per heavy atom. The van der Waals surface area contributed by atoms with Crippen LogP contribution in [0.3, 0.4) is 0 Å². The minimum absolute atomic E-state index is 0.0170. The first-order valence-corrected chi connectivity index (χ1v) is 8.72. The zero-order valence-electron chi connectivity index (χ0n) is 15.0. The molecule has 2 aromatic rings. The highest BCUT2D eigenvalue weighted by Gasteiger charge is 2.20. The van der Waals surface area contributed by atoms with Crippen molar-refractivity contribution in [1.29, 1.82) is 0 Å². The van der Waals surface area contributed by atoms with Gasteiger partial charge >= 0.3 is 12.0 Å². The number of nitrogens with one attached hydrogen (secondary N) is 2. The summed E-state index contributed by atoms with van der Waals surface area (Å²) in [5.41, 5.74) is 3.61. The van der Waals surface area contributed by atoms with E-state index in [0.717, 1.165) is 36.2 Å². The molecule has 1 heterocycles. The van der Waals surface area contributed by atoms with Gasteiger partial charge in [0, 0.05) is 31.4 Å². The Morgan fingerprint density at radius 3 is 2.52 bits per heavy atom. The second-order valence-corrected chi connectivity index (χ2v) is 6.43. The Labute approximate surface area is 157 Å². The van der Waals surface area contributed by atoms with E-state index in [1.165, 1.54) is 12.1 Å². The van der Waals surface area contributed by atoms with Gasteiger partial charge in [0.15, 0.2) is 0 Å². The number of nitrogens with zero attached hydrogens (tertiary/aromatic N) is 1. The lowest BCUT2D eigenvalue weighted by atomic mass is 10.0. The van der Waals surface area contributed by atoms with Crippen molar-refractivity contribution in [2.24, 2.45) is 0 Å². The molecule has 0 fully saturated rings. The quantitative estimate of drug-likeness (QED) is 0.773. The summed E-state index contributed by atoms with van der Waals surface area (Å²) in [7, 11) is 0. The summed E-state index contributed by atoms with van der Waals surface area (Å²) in [4.78, 5) is 36.4. The van der Waals surface area contributed by atoms with Crippen LogP contribution in [0.2, 0.25) is 0 Å². The maximum Gasteiger partial charge on any atom is 0.335 e. The van der Waals surface area contributed by atoms with Gasteiger partial charge in [-0.15, -0.1) is 0 Å². The number of carbonyl (C=O) groups is 3. The van der Waals surface area contributed by atoms with Gasteiger partial charge in [0.25, 0.3) is 0 Å². The normalized spacial score (nSPS) is 12.9. The zero-order chi connectivity index (χ0) is 19.4. The molecule has 3 N–H and O–H groups in total. The lowest BCUT2D eigenvalue weighted by Crippen LogP contribution is -2.33. The number of rotatable bonds is 4. The molecule has 3 rings (SSSR count). The summed E-state index contributed by atoms with van der Waals surface area (Å²) in [6.45, 7) is 2.56. The van der Waals surface area contributed by atoms with Crippen LogP contribution in [-0.4, -0.2) is 29.6 Å². The van der Waals surface area contributed by atoms with Gasteiger partial charge in [-0.05, 0) is 54.3 Å². The van der Waals surface area contributed by atoms with Crippen molar-refractivity contribution in [3.05, 3.63) is 59.2 Å². The van der Waals surface area contributed by atoms with E-state index in [-0.39, 0.29) is 24.0 Å². The second kappa shape index (κ2) is 7.90. The number of amides is 3. The van der Waals surface area contributed by atoms with Gasteiger partial charge in [-0.25, -0.2) is 9.59 Å². The largest absolute Gasteiger partial charge is 0.478 e. The summed E-state index contributed by atoms with van der Waals surface area (Å²) >= 11 is 0. The van der Waals surface area contributed by atoms with Crippen LogP contribution in [0.5, 0.6) is 0 Å². The third kappa shape index (κ3) is 4.44. The Morgan fingerprint density at radius 1 is 1.11 bits per heavy atom. The monoisotopic (exact) mass is 367 g/mol. The first kappa shape index (κ1) is 18.4. The van der Waals surface area contributed by atoms with Crippen LogP contribution < -0.4 is 15.5 Å². The molecule has 0 saturated carbocycles. The summed E-state index contributed by atoms with van der Waals surface area (Å²) in [6, 6.07) is 11.5. The number of aryl methyl sites for hydroxylation is 1. The number of urea groups is 1. The van der Waals surface area contributed by atoms with Gasteiger partial charge in [0.2, 0.25) is 5.91 Å². The average molecular weight is 367 g/mol. The summed E-state index contributed by atoms with van der Waals surface area (Å²) < 4.78 is 0. The lowest BCUT2D eigenvalue weighted by Gasteiger charge is -2.29. The molecule has 0 spiro atoms. The van der Waals surface area contributed by atoms with Crippen LogP contribution in [0, 0.1) is 0 Å². The van der Waals surface area contributed by atoms with Crippen LogP contribution in [-0.2, 0) is 17.8 Å². The van der Waals surface area contributed by atoms with Gasteiger partial charge in [-0.1, -0.05) is 12.1 Å². The Kier molecular flexibility index (Phi) is 5.40. The van der Waals surface area contributed by atoms with E-state index in [9.17, 15) is 14.4 Å². The number of carboxylic acid groups (broad SMARTS) is 1. The number of fused-ring (bicyclic) bond motifs is 1. The molecule has 0 unspecified atom stereocenters. The molecule has 140 valence electrons. The molecule has 0 aromatic heterocycles. The van der Waals surface area contributed by atoms with E-state index in [1.54, 1.807) is 30.0 Å². The fourth-order valence-corrected chi connectivity index (χ4v) is 3.12. The third-order valence-corrected chi connectivity index (χ3v) is 4.49. The highest BCUT2D eigenvalue weighted by Crippen LogP contribution is 2.29. The van der Waals surface area contributed by atoms with E-state index in [4.69, 9.17) is 5.11 Å². The Balaban J connectivity index is 1.59. The Bertz CT molecular complexity index is 877. The average Bonchev–Trinajstić information content (AvgIpc) is 2.66. The number of anilines is 2. The molecular weight excluding hydrogens is 346 g/mol. The highest BCUT2D eigenvalue weighted by atomic mass is 16.4. The lowest BCUT2D eigenvalue weighted by molar-refractivity contribution is -0.116. The van der Waals surface area contributed by atoms with E-state index in [0.29, 0.717) is 5.69 Å². The first-order valence-electron chi connectivity index (χ1n) is 8.72. The van der Waals surface area contributed by atoms with Gasteiger partial charge < -0.3 is 20.6 Å². The van der Waals surface area contributed by atoms with Gasteiger partial charge in [-0.3, -0.25) is 4.79 Å². The molecule has 7 heteroatoms. The summed E-state index contributed by atoms with van der Waals surface area (Å²) in [6.07, 6.45) is 1.76. The minimum Gasteiger partial charge on any atom is -0.478 e. The number of carboxylic acids is 1. The number of carbonyl (C=O) groups excluding carboxylic acids is 2. The van der Waals surface area contributed by atoms with Crippen molar-refractivity contribution in [1.82, 2.24) is 5.32 Å². The predicted octanol–water partition coefficient (Wildman–Crippen LogP) is 3.01. The Hall–Kier alpha value is -3.35. The molecule has 0 radical (unpaired) electrons. The molecule has 1 aliphatic heterocycles. The smallest absolute Gasteiger partial charge is 0.335 e. The van der Waals surface area contributed by atoms with Crippen LogP contribution >= 0.6 is 0 Å². The fourth-order valence-electron chi connectivity index (χ4n) is 3.12. The van der Waals surface area contributed by atoms with Gasteiger partial charge in [-0.2, -0.15) is 0 Å². The molecular formula is C20H21N3O4.